The molecule has 0 saturated carbocycles. The van der Waals surface area contributed by atoms with Crippen LogP contribution in [0.4, 0.5) is 0 Å². The van der Waals surface area contributed by atoms with Crippen LogP contribution < -0.4 is 10.1 Å². The van der Waals surface area contributed by atoms with Gasteiger partial charge in [-0.3, -0.25) is 4.79 Å². The van der Waals surface area contributed by atoms with E-state index in [0.29, 0.717) is 11.3 Å². The number of aliphatic hydroxyl groups excluding tert-OH is 1. The highest BCUT2D eigenvalue weighted by Gasteiger charge is 2.16. The third-order valence-electron chi connectivity index (χ3n) is 4.70. The number of rotatable bonds is 5. The zero-order valence-corrected chi connectivity index (χ0v) is 15.1. The predicted octanol–water partition coefficient (Wildman–Crippen LogP) is 3.40. The molecule has 27 heavy (non-hydrogen) atoms. The summed E-state index contributed by atoms with van der Waals surface area (Å²) in [5.74, 6) is 0.371. The predicted molar refractivity (Wildman–Crippen MR) is 103 cm³/mol. The van der Waals surface area contributed by atoms with Crippen LogP contribution in [0.2, 0.25) is 0 Å². The van der Waals surface area contributed by atoms with Gasteiger partial charge in [-0.05, 0) is 41.3 Å². The molecule has 1 unspecified atom stereocenters. The average Bonchev–Trinajstić information content (AvgIpc) is 3.29. The number of nitrogens with one attached hydrogen (secondary N) is 1. The first kappa shape index (κ1) is 17.2. The van der Waals surface area contributed by atoms with Crippen molar-refractivity contribution in [1.29, 1.82) is 0 Å². The number of aryl methyl sites for hydroxylation is 1. The van der Waals surface area contributed by atoms with Crippen LogP contribution in [0.15, 0.2) is 59.1 Å². The minimum Gasteiger partial charge on any atom is -0.493 e. The Hall–Kier alpha value is -3.25. The highest BCUT2D eigenvalue weighted by molar-refractivity contribution is 5.97. The zero-order chi connectivity index (χ0) is 19.0. The van der Waals surface area contributed by atoms with Crippen LogP contribution in [0, 0.1) is 0 Å². The fourth-order valence-electron chi connectivity index (χ4n) is 3.21. The number of benzene rings is 2. The lowest BCUT2D eigenvalue weighted by molar-refractivity contribution is 0.0891. The third-order valence-corrected chi connectivity index (χ3v) is 4.70. The number of nitrogens with zero attached hydrogens (tertiary/aromatic N) is 1. The fourth-order valence-corrected chi connectivity index (χ4v) is 3.21. The molecule has 1 amide bonds. The number of carbonyl (C=O) groups excluding carboxylic acids is 1. The summed E-state index contributed by atoms with van der Waals surface area (Å²) in [6, 6.07) is 14.9. The molecular weight excluding hydrogens is 344 g/mol. The number of aliphatic hydroxyl groups is 1. The number of ether oxygens (including phenoxy) is 1. The van der Waals surface area contributed by atoms with E-state index in [-0.39, 0.29) is 18.2 Å². The van der Waals surface area contributed by atoms with Crippen molar-refractivity contribution in [2.24, 2.45) is 7.05 Å². The van der Waals surface area contributed by atoms with Crippen LogP contribution in [-0.2, 0) is 7.05 Å². The summed E-state index contributed by atoms with van der Waals surface area (Å²) in [7, 11) is 3.53. The van der Waals surface area contributed by atoms with Crippen LogP contribution in [0.3, 0.4) is 0 Å². The maximum atomic E-state index is 12.4. The van der Waals surface area contributed by atoms with Gasteiger partial charge in [0, 0.05) is 30.7 Å². The molecule has 4 aromatic rings. The molecule has 1 atom stereocenters. The van der Waals surface area contributed by atoms with Gasteiger partial charge < -0.3 is 24.1 Å². The third kappa shape index (κ3) is 3.15. The summed E-state index contributed by atoms with van der Waals surface area (Å²) in [4.78, 5) is 12.4. The second-order valence-corrected chi connectivity index (χ2v) is 6.46. The monoisotopic (exact) mass is 364 g/mol. The molecule has 2 heterocycles. The number of para-hydroxylation sites is 1. The second kappa shape index (κ2) is 6.81. The molecule has 0 radical (unpaired) electrons. The van der Waals surface area contributed by atoms with Gasteiger partial charge in [-0.1, -0.05) is 18.2 Å². The number of amides is 1. The molecule has 138 valence electrons. The number of methoxy groups -OCH3 is 1. The van der Waals surface area contributed by atoms with Crippen molar-refractivity contribution >= 4 is 27.8 Å². The fraction of sp³-hybridized carbons (Fsp3) is 0.190. The first-order valence-corrected chi connectivity index (χ1v) is 8.64. The summed E-state index contributed by atoms with van der Waals surface area (Å²) in [6.45, 7) is 0.0886. The van der Waals surface area contributed by atoms with E-state index >= 15 is 0 Å². The first-order valence-electron chi connectivity index (χ1n) is 8.64. The van der Waals surface area contributed by atoms with E-state index < -0.39 is 6.10 Å². The Kier molecular flexibility index (Phi) is 4.33. The molecule has 0 fully saturated rings. The zero-order valence-electron chi connectivity index (χ0n) is 15.1. The SMILES string of the molecule is COc1cccc2cc(C(=O)NCC(O)c3ccc4c(ccn4C)c3)oc12. The summed E-state index contributed by atoms with van der Waals surface area (Å²) >= 11 is 0. The molecule has 0 aliphatic rings. The van der Waals surface area contributed by atoms with Crippen LogP contribution in [0.5, 0.6) is 5.75 Å². The number of carbonyl (C=O) groups is 1. The Bertz CT molecular complexity index is 1130. The molecule has 0 spiro atoms. The van der Waals surface area contributed by atoms with E-state index in [1.165, 1.54) is 0 Å². The van der Waals surface area contributed by atoms with E-state index in [1.807, 2.05) is 54.2 Å². The highest BCUT2D eigenvalue weighted by atomic mass is 16.5. The van der Waals surface area contributed by atoms with Gasteiger partial charge in [0.05, 0.1) is 13.2 Å². The normalized spacial score (nSPS) is 12.4. The van der Waals surface area contributed by atoms with Crippen molar-refractivity contribution in [1.82, 2.24) is 9.88 Å². The standard InChI is InChI=1S/C21H20N2O4/c1-23-9-8-13-10-14(6-7-16(13)23)17(24)12-22-21(25)19-11-15-4-3-5-18(26-2)20(15)27-19/h3-11,17,24H,12H2,1-2H3,(H,22,25). The molecule has 2 N–H and O–H groups in total. The topological polar surface area (TPSA) is 76.6 Å². The molecule has 6 heteroatoms. The number of fused-ring (bicyclic) bond motifs is 2. The van der Waals surface area contributed by atoms with Crippen LogP contribution in [0.25, 0.3) is 21.9 Å². The molecule has 4 rings (SSSR count). The maximum Gasteiger partial charge on any atom is 0.287 e. The molecule has 2 aromatic carbocycles. The number of aromatic nitrogens is 1. The minimum absolute atomic E-state index is 0.0886. The van der Waals surface area contributed by atoms with Gasteiger partial charge in [0.25, 0.3) is 5.91 Å². The van der Waals surface area contributed by atoms with Gasteiger partial charge in [-0.15, -0.1) is 0 Å². The second-order valence-electron chi connectivity index (χ2n) is 6.46. The summed E-state index contributed by atoms with van der Waals surface area (Å²) in [6.07, 6.45) is 1.16. The Balaban J connectivity index is 1.48. The van der Waals surface area contributed by atoms with Crippen molar-refractivity contribution in [2.45, 2.75) is 6.10 Å². The lowest BCUT2D eigenvalue weighted by Crippen LogP contribution is -2.28. The van der Waals surface area contributed by atoms with Crippen molar-refractivity contribution < 1.29 is 19.1 Å². The van der Waals surface area contributed by atoms with Gasteiger partial charge in [-0.2, -0.15) is 0 Å². The lowest BCUT2D eigenvalue weighted by atomic mass is 10.1. The van der Waals surface area contributed by atoms with Gasteiger partial charge in [0.2, 0.25) is 0 Å². The summed E-state index contributed by atoms with van der Waals surface area (Å²) in [5, 5.41) is 15.0. The van der Waals surface area contributed by atoms with Gasteiger partial charge in [-0.25, -0.2) is 0 Å². The van der Waals surface area contributed by atoms with Gasteiger partial charge in [0.1, 0.15) is 0 Å². The van der Waals surface area contributed by atoms with E-state index in [1.54, 1.807) is 19.2 Å². The first-order chi connectivity index (χ1) is 13.1. The van der Waals surface area contributed by atoms with Gasteiger partial charge in [0.15, 0.2) is 17.1 Å². The van der Waals surface area contributed by atoms with E-state index in [2.05, 4.69) is 5.32 Å². The molecule has 0 bridgehead atoms. The Labute approximate surface area is 156 Å². The van der Waals surface area contributed by atoms with Crippen molar-refractivity contribution in [3.8, 4) is 5.75 Å². The number of hydrogen-bond donors (Lipinski definition) is 2. The summed E-state index contributed by atoms with van der Waals surface area (Å²) < 4.78 is 12.9. The van der Waals surface area contributed by atoms with E-state index in [0.717, 1.165) is 21.9 Å². The van der Waals surface area contributed by atoms with Crippen LogP contribution >= 0.6 is 0 Å². The van der Waals surface area contributed by atoms with E-state index in [9.17, 15) is 9.90 Å². The number of hydrogen-bond acceptors (Lipinski definition) is 4. The lowest BCUT2D eigenvalue weighted by Gasteiger charge is -2.12. The molecule has 2 aromatic heterocycles. The van der Waals surface area contributed by atoms with Crippen LogP contribution in [0.1, 0.15) is 22.2 Å². The van der Waals surface area contributed by atoms with Gasteiger partial charge >= 0.3 is 0 Å². The molecule has 0 aliphatic heterocycles. The van der Waals surface area contributed by atoms with Crippen LogP contribution in [-0.4, -0.2) is 29.2 Å². The molecular formula is C21H20N2O4. The summed E-state index contributed by atoms with van der Waals surface area (Å²) in [5.41, 5.74) is 2.37. The van der Waals surface area contributed by atoms with Crippen molar-refractivity contribution in [3.05, 3.63) is 66.1 Å². The highest BCUT2D eigenvalue weighted by Crippen LogP contribution is 2.28. The molecule has 6 nitrogen and oxygen atoms in total. The largest absolute Gasteiger partial charge is 0.493 e. The number of furan rings is 1. The molecule has 0 saturated heterocycles. The molecule has 0 aliphatic carbocycles. The average molecular weight is 364 g/mol. The quantitative estimate of drug-likeness (QED) is 0.569. The smallest absolute Gasteiger partial charge is 0.287 e. The minimum atomic E-state index is -0.808. The van der Waals surface area contributed by atoms with E-state index in [4.69, 9.17) is 9.15 Å². The van der Waals surface area contributed by atoms with Crippen molar-refractivity contribution in [3.63, 3.8) is 0 Å². The Morgan fingerprint density at radius 1 is 1.22 bits per heavy atom. The Morgan fingerprint density at radius 3 is 2.89 bits per heavy atom. The maximum absolute atomic E-state index is 12.4. The van der Waals surface area contributed by atoms with Crippen molar-refractivity contribution in [2.75, 3.05) is 13.7 Å². The Morgan fingerprint density at radius 2 is 2.07 bits per heavy atom.